The molecule has 1 aromatic carbocycles. The maximum absolute atomic E-state index is 11.4. The third kappa shape index (κ3) is 4.47. The van der Waals surface area contributed by atoms with Crippen molar-refractivity contribution in [2.24, 2.45) is 5.14 Å². The van der Waals surface area contributed by atoms with Crippen molar-refractivity contribution >= 4 is 15.7 Å². The van der Waals surface area contributed by atoms with E-state index in [1.807, 2.05) is 6.92 Å². The van der Waals surface area contributed by atoms with Crippen LogP contribution in [0.4, 0.5) is 5.69 Å². The van der Waals surface area contributed by atoms with Crippen LogP contribution in [0, 0.1) is 10.1 Å². The highest BCUT2D eigenvalue weighted by molar-refractivity contribution is 7.89. The molecule has 0 bridgehead atoms. The van der Waals surface area contributed by atoms with E-state index in [1.165, 1.54) is 6.07 Å². The minimum absolute atomic E-state index is 0.0344. The number of sulfonamides is 1. The molecule has 0 spiro atoms. The van der Waals surface area contributed by atoms with Gasteiger partial charge in [0.2, 0.25) is 10.0 Å². The van der Waals surface area contributed by atoms with E-state index in [0.29, 0.717) is 6.61 Å². The van der Waals surface area contributed by atoms with Crippen molar-refractivity contribution in [3.63, 3.8) is 0 Å². The van der Waals surface area contributed by atoms with Gasteiger partial charge < -0.3 is 9.47 Å². The SMILES string of the molecule is CCOCCOc1ccc([N+](=O)[O-])cc1S(N)(=O)=O. The molecule has 0 radical (unpaired) electrons. The molecule has 0 aliphatic carbocycles. The Balaban J connectivity index is 3.00. The molecule has 0 atom stereocenters. The molecule has 0 saturated heterocycles. The predicted octanol–water partition coefficient (Wildman–Crippen LogP) is 0.658. The van der Waals surface area contributed by atoms with Crippen LogP contribution in [0.2, 0.25) is 0 Å². The molecular formula is C10H14N2O6S. The van der Waals surface area contributed by atoms with Crippen molar-refractivity contribution in [1.29, 1.82) is 0 Å². The molecule has 0 aromatic heterocycles. The summed E-state index contributed by atoms with van der Waals surface area (Å²) in [5.41, 5.74) is -0.374. The average molecular weight is 290 g/mol. The number of rotatable bonds is 7. The lowest BCUT2D eigenvalue weighted by molar-refractivity contribution is -0.385. The number of nitro groups is 1. The lowest BCUT2D eigenvalue weighted by Gasteiger charge is -2.09. The van der Waals surface area contributed by atoms with Crippen LogP contribution < -0.4 is 9.88 Å². The van der Waals surface area contributed by atoms with Crippen LogP contribution >= 0.6 is 0 Å². The number of primary sulfonamides is 1. The van der Waals surface area contributed by atoms with Crippen molar-refractivity contribution in [1.82, 2.24) is 0 Å². The molecule has 0 heterocycles. The van der Waals surface area contributed by atoms with Gasteiger partial charge in [0, 0.05) is 18.7 Å². The van der Waals surface area contributed by atoms with Crippen molar-refractivity contribution < 1.29 is 22.8 Å². The molecule has 0 fully saturated rings. The van der Waals surface area contributed by atoms with Crippen LogP contribution in [-0.2, 0) is 14.8 Å². The van der Waals surface area contributed by atoms with Gasteiger partial charge in [-0.2, -0.15) is 0 Å². The molecule has 8 nitrogen and oxygen atoms in total. The number of benzene rings is 1. The third-order valence-electron chi connectivity index (χ3n) is 2.13. The number of ether oxygens (including phenoxy) is 2. The lowest BCUT2D eigenvalue weighted by atomic mass is 10.3. The van der Waals surface area contributed by atoms with Crippen molar-refractivity contribution in [2.75, 3.05) is 19.8 Å². The maximum atomic E-state index is 11.4. The Kier molecular flexibility index (Phi) is 5.21. The van der Waals surface area contributed by atoms with E-state index >= 15 is 0 Å². The minimum Gasteiger partial charge on any atom is -0.490 e. The summed E-state index contributed by atoms with van der Waals surface area (Å²) in [6.45, 7) is 2.71. The van der Waals surface area contributed by atoms with Gasteiger partial charge in [0.05, 0.1) is 11.5 Å². The molecule has 0 saturated carbocycles. The summed E-state index contributed by atoms with van der Waals surface area (Å²) in [5, 5.41) is 15.6. The molecule has 106 valence electrons. The van der Waals surface area contributed by atoms with Crippen molar-refractivity contribution in [3.05, 3.63) is 28.3 Å². The van der Waals surface area contributed by atoms with Gasteiger partial charge in [-0.25, -0.2) is 13.6 Å². The van der Waals surface area contributed by atoms with Crippen LogP contribution in [0.3, 0.4) is 0 Å². The largest absolute Gasteiger partial charge is 0.490 e. The van der Waals surface area contributed by atoms with Gasteiger partial charge in [0.25, 0.3) is 5.69 Å². The van der Waals surface area contributed by atoms with Gasteiger partial charge in [-0.3, -0.25) is 10.1 Å². The maximum Gasteiger partial charge on any atom is 0.271 e. The van der Waals surface area contributed by atoms with Gasteiger partial charge in [-0.05, 0) is 13.0 Å². The number of nitrogens with two attached hydrogens (primary N) is 1. The highest BCUT2D eigenvalue weighted by Crippen LogP contribution is 2.27. The third-order valence-corrected chi connectivity index (χ3v) is 3.07. The molecule has 9 heteroatoms. The van der Waals surface area contributed by atoms with Crippen molar-refractivity contribution in [2.45, 2.75) is 11.8 Å². The van der Waals surface area contributed by atoms with Gasteiger partial charge >= 0.3 is 0 Å². The van der Waals surface area contributed by atoms with Gasteiger partial charge in [-0.15, -0.1) is 0 Å². The summed E-state index contributed by atoms with van der Waals surface area (Å²) >= 11 is 0. The van der Waals surface area contributed by atoms with E-state index in [2.05, 4.69) is 0 Å². The Morgan fingerprint density at radius 2 is 2.05 bits per heavy atom. The number of hydrogen-bond acceptors (Lipinski definition) is 6. The zero-order valence-electron chi connectivity index (χ0n) is 10.2. The van der Waals surface area contributed by atoms with E-state index in [9.17, 15) is 18.5 Å². The fraction of sp³-hybridized carbons (Fsp3) is 0.400. The van der Waals surface area contributed by atoms with E-state index < -0.39 is 19.8 Å². The second-order valence-corrected chi connectivity index (χ2v) is 5.01. The molecule has 2 N–H and O–H groups in total. The first-order chi connectivity index (χ1) is 8.86. The Morgan fingerprint density at radius 3 is 2.58 bits per heavy atom. The summed E-state index contributed by atoms with van der Waals surface area (Å²) in [5.74, 6) is -0.0344. The topological polar surface area (TPSA) is 122 Å². The highest BCUT2D eigenvalue weighted by Gasteiger charge is 2.19. The fourth-order valence-electron chi connectivity index (χ4n) is 1.31. The molecular weight excluding hydrogens is 276 g/mol. The standard InChI is InChI=1S/C10H14N2O6S/c1-2-17-5-6-18-9-4-3-8(12(13)14)7-10(9)19(11,15)16/h3-4,7H,2,5-6H2,1H3,(H2,11,15,16). The number of nitrogens with zero attached hydrogens (tertiary/aromatic N) is 1. The number of hydrogen-bond donors (Lipinski definition) is 1. The van der Waals surface area contributed by atoms with Crippen LogP contribution in [0.15, 0.2) is 23.1 Å². The summed E-state index contributed by atoms with van der Waals surface area (Å²) < 4.78 is 32.9. The summed E-state index contributed by atoms with van der Waals surface area (Å²) in [6, 6.07) is 3.21. The number of non-ortho nitro benzene ring substituents is 1. The average Bonchev–Trinajstić information content (AvgIpc) is 2.33. The van der Waals surface area contributed by atoms with E-state index in [4.69, 9.17) is 14.6 Å². The van der Waals surface area contributed by atoms with Gasteiger partial charge in [0.1, 0.15) is 17.3 Å². The van der Waals surface area contributed by atoms with Gasteiger partial charge in [-0.1, -0.05) is 0 Å². The second kappa shape index (κ2) is 6.45. The molecule has 0 amide bonds. The van der Waals surface area contributed by atoms with E-state index in [-0.39, 0.29) is 24.7 Å². The molecule has 1 aromatic rings. The number of nitro benzene ring substituents is 1. The predicted molar refractivity (Wildman–Crippen MR) is 66.5 cm³/mol. The first-order valence-electron chi connectivity index (χ1n) is 5.38. The molecule has 0 aliphatic heterocycles. The second-order valence-electron chi connectivity index (χ2n) is 3.48. The first kappa shape index (κ1) is 15.3. The lowest BCUT2D eigenvalue weighted by Crippen LogP contribution is -2.15. The van der Waals surface area contributed by atoms with Crippen LogP contribution in [0.25, 0.3) is 0 Å². The Morgan fingerprint density at radius 1 is 1.37 bits per heavy atom. The van der Waals surface area contributed by atoms with E-state index in [0.717, 1.165) is 12.1 Å². The smallest absolute Gasteiger partial charge is 0.271 e. The quantitative estimate of drug-likeness (QED) is 0.447. The first-order valence-corrected chi connectivity index (χ1v) is 6.92. The summed E-state index contributed by atoms with van der Waals surface area (Å²) in [4.78, 5) is 9.47. The zero-order chi connectivity index (χ0) is 14.5. The van der Waals surface area contributed by atoms with Crippen molar-refractivity contribution in [3.8, 4) is 5.75 Å². The Hall–Kier alpha value is -1.71. The van der Waals surface area contributed by atoms with Crippen LogP contribution in [0.5, 0.6) is 5.75 Å². The monoisotopic (exact) mass is 290 g/mol. The molecule has 0 unspecified atom stereocenters. The molecule has 1 rings (SSSR count). The van der Waals surface area contributed by atoms with Crippen LogP contribution in [-0.4, -0.2) is 33.2 Å². The highest BCUT2D eigenvalue weighted by atomic mass is 32.2. The minimum atomic E-state index is -4.10. The summed E-state index contributed by atoms with van der Waals surface area (Å²) in [7, 11) is -4.10. The zero-order valence-corrected chi connectivity index (χ0v) is 11.1. The normalized spacial score (nSPS) is 11.3. The van der Waals surface area contributed by atoms with Gasteiger partial charge in [0.15, 0.2) is 0 Å². The fourth-order valence-corrected chi connectivity index (χ4v) is 2.00. The molecule has 19 heavy (non-hydrogen) atoms. The van der Waals surface area contributed by atoms with Crippen LogP contribution in [0.1, 0.15) is 6.92 Å². The molecule has 0 aliphatic rings. The van der Waals surface area contributed by atoms with E-state index in [1.54, 1.807) is 0 Å². The Bertz CT molecular complexity index is 557. The summed E-state index contributed by atoms with van der Waals surface area (Å²) in [6.07, 6.45) is 0. The Labute approximate surface area is 110 Å².